The fraction of sp³-hybridized carbons (Fsp3) is 0.267. The molecule has 184 valence electrons. The highest BCUT2D eigenvalue weighted by Crippen LogP contribution is 2.27. The van der Waals surface area contributed by atoms with E-state index in [-0.39, 0.29) is 5.91 Å². The largest absolute Gasteiger partial charge is 0.368 e. The van der Waals surface area contributed by atoms with Crippen molar-refractivity contribution in [3.8, 4) is 0 Å². The number of pyridine rings is 1. The zero-order chi connectivity index (χ0) is 25.1. The van der Waals surface area contributed by atoms with Crippen LogP contribution in [-0.4, -0.2) is 48.0 Å². The van der Waals surface area contributed by atoms with Crippen molar-refractivity contribution in [2.45, 2.75) is 26.3 Å². The molecule has 6 heteroatoms. The van der Waals surface area contributed by atoms with Gasteiger partial charge in [-0.1, -0.05) is 24.3 Å². The van der Waals surface area contributed by atoms with Crippen molar-refractivity contribution < 1.29 is 9.18 Å². The number of carbonyl (C=O) groups excluding carboxylic acids is 1. The maximum Gasteiger partial charge on any atom is 0.255 e. The summed E-state index contributed by atoms with van der Waals surface area (Å²) in [6, 6.07) is 24.7. The van der Waals surface area contributed by atoms with Crippen LogP contribution in [0.5, 0.6) is 0 Å². The Kier molecular flexibility index (Phi) is 6.96. The highest BCUT2D eigenvalue weighted by atomic mass is 19.1. The lowest BCUT2D eigenvalue weighted by molar-refractivity contribution is 0.102. The van der Waals surface area contributed by atoms with Crippen LogP contribution in [0.15, 0.2) is 78.9 Å². The van der Waals surface area contributed by atoms with E-state index in [4.69, 9.17) is 0 Å². The molecule has 1 aromatic heterocycles. The number of carbonyl (C=O) groups is 1. The third-order valence-corrected chi connectivity index (χ3v) is 6.93. The standard InChI is InChI=1S/C30H31FN4O/c1-21-12-13-27-28(32-21)10-5-11-29(27)35-16-14-34(15-17-35)22(2)18-23-6-3-9-26(19-23)33-30(36)24-7-4-8-25(31)20-24/h3-13,19-20,22H,14-18H2,1-2H3,(H,33,36). The van der Waals surface area contributed by atoms with Gasteiger partial charge in [0.2, 0.25) is 0 Å². The van der Waals surface area contributed by atoms with Crippen LogP contribution in [0, 0.1) is 12.7 Å². The fourth-order valence-electron chi connectivity index (χ4n) is 5.00. The van der Waals surface area contributed by atoms with Gasteiger partial charge in [-0.05, 0) is 80.4 Å². The van der Waals surface area contributed by atoms with Gasteiger partial charge in [-0.3, -0.25) is 14.7 Å². The molecular weight excluding hydrogens is 451 g/mol. The van der Waals surface area contributed by atoms with Crippen LogP contribution in [0.25, 0.3) is 10.9 Å². The van der Waals surface area contributed by atoms with Crippen LogP contribution in [0.2, 0.25) is 0 Å². The molecule has 1 aliphatic rings. The summed E-state index contributed by atoms with van der Waals surface area (Å²) in [6.07, 6.45) is 0.890. The first-order valence-electron chi connectivity index (χ1n) is 12.5. The van der Waals surface area contributed by atoms with Gasteiger partial charge in [0.15, 0.2) is 0 Å². The zero-order valence-corrected chi connectivity index (χ0v) is 20.7. The molecule has 0 spiro atoms. The highest BCUT2D eigenvalue weighted by molar-refractivity contribution is 6.04. The first kappa shape index (κ1) is 23.9. The molecule has 1 amide bonds. The minimum Gasteiger partial charge on any atom is -0.368 e. The van der Waals surface area contributed by atoms with Crippen molar-refractivity contribution in [2.24, 2.45) is 0 Å². The predicted octanol–water partition coefficient (Wildman–Crippen LogP) is 5.69. The number of fused-ring (bicyclic) bond motifs is 1. The average Bonchev–Trinajstić information content (AvgIpc) is 2.88. The predicted molar refractivity (Wildman–Crippen MR) is 144 cm³/mol. The summed E-state index contributed by atoms with van der Waals surface area (Å²) in [7, 11) is 0. The number of halogens is 1. The van der Waals surface area contributed by atoms with Gasteiger partial charge in [-0.2, -0.15) is 0 Å². The minimum atomic E-state index is -0.419. The molecule has 1 saturated heterocycles. The Morgan fingerprint density at radius 3 is 2.56 bits per heavy atom. The number of hydrogen-bond donors (Lipinski definition) is 1. The molecule has 36 heavy (non-hydrogen) atoms. The summed E-state index contributed by atoms with van der Waals surface area (Å²) in [4.78, 5) is 22.2. The molecule has 1 aliphatic heterocycles. The molecule has 0 saturated carbocycles. The van der Waals surface area contributed by atoms with Crippen LogP contribution in [-0.2, 0) is 6.42 Å². The third kappa shape index (κ3) is 5.39. The lowest BCUT2D eigenvalue weighted by Gasteiger charge is -2.39. The molecule has 1 unspecified atom stereocenters. The van der Waals surface area contributed by atoms with E-state index >= 15 is 0 Å². The summed E-state index contributed by atoms with van der Waals surface area (Å²) in [6.45, 7) is 8.22. The lowest BCUT2D eigenvalue weighted by Crippen LogP contribution is -2.50. The number of aryl methyl sites for hydroxylation is 1. The number of hydrogen-bond acceptors (Lipinski definition) is 4. The average molecular weight is 483 g/mol. The summed E-state index contributed by atoms with van der Waals surface area (Å²) >= 11 is 0. The highest BCUT2D eigenvalue weighted by Gasteiger charge is 2.22. The van der Waals surface area contributed by atoms with E-state index in [1.165, 1.54) is 23.2 Å². The van der Waals surface area contributed by atoms with Crippen LogP contribution in [0.4, 0.5) is 15.8 Å². The van der Waals surface area contributed by atoms with Crippen molar-refractivity contribution in [2.75, 3.05) is 36.4 Å². The van der Waals surface area contributed by atoms with Crippen molar-refractivity contribution >= 4 is 28.2 Å². The van der Waals surface area contributed by atoms with Crippen molar-refractivity contribution in [1.82, 2.24) is 9.88 Å². The van der Waals surface area contributed by atoms with Gasteiger partial charge in [-0.25, -0.2) is 4.39 Å². The summed E-state index contributed by atoms with van der Waals surface area (Å²) in [5.41, 5.74) is 5.54. The maximum atomic E-state index is 13.5. The number of amides is 1. The molecule has 1 N–H and O–H groups in total. The van der Waals surface area contributed by atoms with E-state index in [1.54, 1.807) is 12.1 Å². The van der Waals surface area contributed by atoms with Crippen molar-refractivity contribution in [1.29, 1.82) is 0 Å². The Morgan fingerprint density at radius 1 is 0.972 bits per heavy atom. The monoisotopic (exact) mass is 482 g/mol. The number of piperazine rings is 1. The normalized spacial score (nSPS) is 15.1. The Labute approximate surface area is 211 Å². The second-order valence-corrected chi connectivity index (χ2v) is 9.54. The van der Waals surface area contributed by atoms with Crippen LogP contribution in [0.1, 0.15) is 28.5 Å². The number of aromatic nitrogens is 1. The molecule has 0 aliphatic carbocycles. The summed E-state index contributed by atoms with van der Waals surface area (Å²) < 4.78 is 13.5. The van der Waals surface area contributed by atoms with Gasteiger partial charge in [0, 0.05) is 60.2 Å². The zero-order valence-electron chi connectivity index (χ0n) is 20.7. The van der Waals surface area contributed by atoms with Gasteiger partial charge in [0.1, 0.15) is 5.82 Å². The number of nitrogens with zero attached hydrogens (tertiary/aromatic N) is 3. The molecule has 0 radical (unpaired) electrons. The molecule has 1 atom stereocenters. The van der Waals surface area contributed by atoms with Crippen LogP contribution < -0.4 is 10.2 Å². The minimum absolute atomic E-state index is 0.309. The van der Waals surface area contributed by atoms with E-state index in [0.29, 0.717) is 11.6 Å². The lowest BCUT2D eigenvalue weighted by atomic mass is 10.0. The van der Waals surface area contributed by atoms with Crippen molar-refractivity contribution in [3.05, 3.63) is 102 Å². The van der Waals surface area contributed by atoms with Gasteiger partial charge >= 0.3 is 0 Å². The van der Waals surface area contributed by atoms with E-state index in [2.05, 4.69) is 63.4 Å². The number of nitrogens with one attached hydrogen (secondary N) is 1. The molecule has 4 aromatic rings. The first-order chi connectivity index (χ1) is 17.5. The van der Waals surface area contributed by atoms with Gasteiger partial charge < -0.3 is 10.2 Å². The number of anilines is 2. The SMILES string of the molecule is Cc1ccc2c(N3CCN(C(C)Cc4cccc(NC(=O)c5cccc(F)c5)c4)CC3)cccc2n1. The summed E-state index contributed by atoms with van der Waals surface area (Å²) in [5.74, 6) is -0.729. The quantitative estimate of drug-likeness (QED) is 0.384. The van der Waals surface area contributed by atoms with Crippen molar-refractivity contribution in [3.63, 3.8) is 0 Å². The number of rotatable bonds is 6. The topological polar surface area (TPSA) is 48.5 Å². The Morgan fingerprint density at radius 2 is 1.75 bits per heavy atom. The smallest absolute Gasteiger partial charge is 0.255 e. The van der Waals surface area contributed by atoms with Gasteiger partial charge in [0.25, 0.3) is 5.91 Å². The first-order valence-corrected chi connectivity index (χ1v) is 12.5. The molecular formula is C30H31FN4O. The fourth-order valence-corrected chi connectivity index (χ4v) is 5.00. The van der Waals surface area contributed by atoms with Crippen LogP contribution >= 0.6 is 0 Å². The number of benzene rings is 3. The van der Waals surface area contributed by atoms with Crippen LogP contribution in [0.3, 0.4) is 0 Å². The Hall–Kier alpha value is -3.77. The van der Waals surface area contributed by atoms with Gasteiger partial charge in [0.05, 0.1) is 5.52 Å². The van der Waals surface area contributed by atoms with E-state index in [1.807, 2.05) is 25.1 Å². The van der Waals surface area contributed by atoms with Gasteiger partial charge in [-0.15, -0.1) is 0 Å². The summed E-state index contributed by atoms with van der Waals surface area (Å²) in [5, 5.41) is 4.10. The second-order valence-electron chi connectivity index (χ2n) is 9.54. The maximum absolute atomic E-state index is 13.5. The molecule has 0 bridgehead atoms. The Bertz CT molecular complexity index is 1380. The second kappa shape index (κ2) is 10.5. The van der Waals surface area contributed by atoms with E-state index in [0.717, 1.165) is 55.1 Å². The molecule has 5 rings (SSSR count). The molecule has 5 nitrogen and oxygen atoms in total. The third-order valence-electron chi connectivity index (χ3n) is 6.93. The van der Waals surface area contributed by atoms with E-state index in [9.17, 15) is 9.18 Å². The molecule has 2 heterocycles. The molecule has 1 fully saturated rings. The molecule has 3 aromatic carbocycles. The van der Waals surface area contributed by atoms with E-state index < -0.39 is 5.82 Å². The Balaban J connectivity index is 1.19.